The maximum absolute atomic E-state index is 12.8. The van der Waals surface area contributed by atoms with E-state index in [-0.39, 0.29) is 25.7 Å². The fourth-order valence-electron chi connectivity index (χ4n) is 6.15. The Labute approximate surface area is 338 Å². The minimum absolute atomic E-state index is 0.0693. The molecule has 0 aliphatic rings. The fourth-order valence-corrected chi connectivity index (χ4v) is 6.91. The van der Waals surface area contributed by atoms with Crippen molar-refractivity contribution in [3.63, 3.8) is 0 Å². The van der Waals surface area contributed by atoms with E-state index in [1.165, 1.54) is 109 Å². The molecule has 55 heavy (non-hydrogen) atoms. The number of rotatable bonds is 41. The summed E-state index contributed by atoms with van der Waals surface area (Å²) in [5, 5.41) is 13.7. The van der Waals surface area contributed by atoms with Crippen LogP contribution in [0.2, 0.25) is 0 Å². The van der Waals surface area contributed by atoms with Crippen LogP contribution < -0.4 is 11.1 Å². The minimum Gasteiger partial charge on any atom is -0.387 e. The number of hydrogen-bond acceptors (Lipinski definition) is 6. The van der Waals surface area contributed by atoms with Crippen molar-refractivity contribution in [2.24, 2.45) is 5.73 Å². The lowest BCUT2D eigenvalue weighted by Gasteiger charge is -2.23. The van der Waals surface area contributed by atoms with Crippen molar-refractivity contribution < 1.29 is 28.4 Å². The quantitative estimate of drug-likeness (QED) is 0.0275. The molecule has 0 saturated carbocycles. The second-order valence-corrected chi connectivity index (χ2v) is 16.3. The van der Waals surface area contributed by atoms with Gasteiger partial charge in [0.2, 0.25) is 5.91 Å². The highest BCUT2D eigenvalue weighted by molar-refractivity contribution is 7.47. The Morgan fingerprint density at radius 2 is 1.02 bits per heavy atom. The first-order chi connectivity index (χ1) is 26.9. The van der Waals surface area contributed by atoms with Crippen LogP contribution in [0, 0.1) is 0 Å². The summed E-state index contributed by atoms with van der Waals surface area (Å²) in [4.78, 5) is 22.7. The van der Waals surface area contributed by atoms with E-state index in [1.807, 2.05) is 6.08 Å². The lowest BCUT2D eigenvalue weighted by Crippen LogP contribution is -2.45. The first-order valence-electron chi connectivity index (χ1n) is 22.4. The maximum Gasteiger partial charge on any atom is 0.472 e. The molecule has 3 atom stereocenters. The Balaban J connectivity index is 4.29. The summed E-state index contributed by atoms with van der Waals surface area (Å²) < 4.78 is 22.1. The number of nitrogens with one attached hydrogen (secondary N) is 1. The van der Waals surface area contributed by atoms with Crippen LogP contribution in [-0.4, -0.2) is 47.8 Å². The first kappa shape index (κ1) is 53.2. The summed E-state index contributed by atoms with van der Waals surface area (Å²) in [5.74, 6) is -0.218. The molecule has 0 bridgehead atoms. The van der Waals surface area contributed by atoms with Gasteiger partial charge in [-0.15, -0.1) is 0 Å². The molecule has 0 aliphatic carbocycles. The van der Waals surface area contributed by atoms with Gasteiger partial charge in [0.1, 0.15) is 0 Å². The predicted octanol–water partition coefficient (Wildman–Crippen LogP) is 12.7. The SMILES string of the molecule is CCCCC/C=C\C/C=C\C/C=C\CCCCCCCCC(=O)NC(COP(=O)(O)OCCN)C(O)/C=C/CC/C=C/CCCCCCCCCCCCC. The molecule has 0 aliphatic heterocycles. The van der Waals surface area contributed by atoms with Gasteiger partial charge in [0.15, 0.2) is 0 Å². The van der Waals surface area contributed by atoms with Gasteiger partial charge in [0.25, 0.3) is 0 Å². The van der Waals surface area contributed by atoms with Crippen molar-refractivity contribution in [1.82, 2.24) is 5.32 Å². The molecule has 0 saturated heterocycles. The molecular weight excluding hydrogens is 707 g/mol. The van der Waals surface area contributed by atoms with Crippen LogP contribution in [0.5, 0.6) is 0 Å². The highest BCUT2D eigenvalue weighted by Gasteiger charge is 2.26. The monoisotopic (exact) mass is 793 g/mol. The Bertz CT molecular complexity index is 1040. The average molecular weight is 793 g/mol. The van der Waals surface area contributed by atoms with E-state index < -0.39 is 20.0 Å². The smallest absolute Gasteiger partial charge is 0.387 e. The number of unbranched alkanes of at least 4 members (excludes halogenated alkanes) is 21. The van der Waals surface area contributed by atoms with E-state index in [0.29, 0.717) is 6.42 Å². The number of carbonyl (C=O) groups is 1. The van der Waals surface area contributed by atoms with Gasteiger partial charge < -0.3 is 21.1 Å². The molecule has 3 unspecified atom stereocenters. The standard InChI is InChI=1S/C46H85N2O6P/c1-3-5-7-9-11-13-15-17-19-21-22-24-26-28-30-32-34-36-38-40-46(50)48-44(43-54-55(51,52)53-42-41-47)45(49)39-37-35-33-31-29-27-25-23-20-18-16-14-12-10-8-6-4-2/h11,13,17,19,22,24,29,31,37,39,44-45,49H,3-10,12,14-16,18,20-21,23,25-28,30,32-36,38,40-43,47H2,1-2H3,(H,48,50)(H,51,52)/b13-11-,19-17-,24-22-,31-29+,39-37+. The molecule has 8 nitrogen and oxygen atoms in total. The lowest BCUT2D eigenvalue weighted by molar-refractivity contribution is -0.123. The van der Waals surface area contributed by atoms with Gasteiger partial charge in [-0.2, -0.15) is 0 Å². The third kappa shape index (κ3) is 40.2. The number of allylic oxidation sites excluding steroid dienone is 9. The van der Waals surface area contributed by atoms with Gasteiger partial charge in [-0.05, 0) is 70.6 Å². The molecule has 320 valence electrons. The minimum atomic E-state index is -4.35. The van der Waals surface area contributed by atoms with Crippen molar-refractivity contribution >= 4 is 13.7 Å². The fraction of sp³-hybridized carbons (Fsp3) is 0.761. The van der Waals surface area contributed by atoms with E-state index in [0.717, 1.165) is 64.2 Å². The highest BCUT2D eigenvalue weighted by atomic mass is 31.2. The van der Waals surface area contributed by atoms with Crippen LogP contribution >= 0.6 is 7.82 Å². The zero-order valence-electron chi connectivity index (χ0n) is 35.4. The van der Waals surface area contributed by atoms with Gasteiger partial charge >= 0.3 is 7.82 Å². The molecule has 0 aromatic carbocycles. The van der Waals surface area contributed by atoms with E-state index in [2.05, 4.69) is 67.8 Å². The van der Waals surface area contributed by atoms with E-state index in [4.69, 9.17) is 14.8 Å². The normalized spacial score (nSPS) is 14.6. The van der Waals surface area contributed by atoms with Gasteiger partial charge in [-0.25, -0.2) is 4.57 Å². The topological polar surface area (TPSA) is 131 Å². The molecule has 0 radical (unpaired) electrons. The molecule has 0 spiro atoms. The second kappa shape index (κ2) is 41.8. The number of hydrogen-bond donors (Lipinski definition) is 4. The summed E-state index contributed by atoms with van der Waals surface area (Å²) in [5.41, 5.74) is 5.37. The summed E-state index contributed by atoms with van der Waals surface area (Å²) in [7, 11) is -4.35. The van der Waals surface area contributed by atoms with Crippen LogP contribution in [0.1, 0.15) is 194 Å². The molecule has 0 aromatic rings. The van der Waals surface area contributed by atoms with Gasteiger partial charge in [-0.1, -0.05) is 177 Å². The molecule has 0 aromatic heterocycles. The second-order valence-electron chi connectivity index (χ2n) is 14.9. The van der Waals surface area contributed by atoms with Crippen molar-refractivity contribution in [2.45, 2.75) is 206 Å². The molecule has 0 heterocycles. The summed E-state index contributed by atoms with van der Waals surface area (Å²) in [6.07, 6.45) is 52.7. The molecular formula is C46H85N2O6P. The van der Waals surface area contributed by atoms with Crippen molar-refractivity contribution in [1.29, 1.82) is 0 Å². The molecule has 5 N–H and O–H groups in total. The van der Waals surface area contributed by atoms with Crippen LogP contribution in [-0.2, 0) is 18.4 Å². The maximum atomic E-state index is 12.8. The Morgan fingerprint density at radius 3 is 1.56 bits per heavy atom. The van der Waals surface area contributed by atoms with Crippen molar-refractivity contribution in [3.8, 4) is 0 Å². The van der Waals surface area contributed by atoms with Gasteiger partial charge in [-0.3, -0.25) is 13.8 Å². The summed E-state index contributed by atoms with van der Waals surface area (Å²) >= 11 is 0. The van der Waals surface area contributed by atoms with Crippen LogP contribution in [0.4, 0.5) is 0 Å². The van der Waals surface area contributed by atoms with E-state index in [9.17, 15) is 19.4 Å². The number of phosphoric acid groups is 1. The summed E-state index contributed by atoms with van der Waals surface area (Å²) in [6.45, 7) is 4.07. The van der Waals surface area contributed by atoms with Crippen molar-refractivity contribution in [2.75, 3.05) is 19.8 Å². The molecule has 0 fully saturated rings. The van der Waals surface area contributed by atoms with Crippen LogP contribution in [0.3, 0.4) is 0 Å². The summed E-state index contributed by atoms with van der Waals surface area (Å²) in [6, 6.07) is -0.886. The van der Waals surface area contributed by atoms with Crippen LogP contribution in [0.15, 0.2) is 60.8 Å². The zero-order valence-corrected chi connectivity index (χ0v) is 36.3. The van der Waals surface area contributed by atoms with Crippen LogP contribution in [0.25, 0.3) is 0 Å². The third-order valence-electron chi connectivity index (χ3n) is 9.57. The molecule has 0 rings (SSSR count). The average Bonchev–Trinajstić information content (AvgIpc) is 3.17. The van der Waals surface area contributed by atoms with Gasteiger partial charge in [0.05, 0.1) is 25.4 Å². The van der Waals surface area contributed by atoms with E-state index >= 15 is 0 Å². The number of amides is 1. The number of nitrogens with two attached hydrogens (primary N) is 1. The number of aliphatic hydroxyl groups excluding tert-OH is 1. The first-order valence-corrected chi connectivity index (χ1v) is 23.9. The Kier molecular flexibility index (Phi) is 40.5. The predicted molar refractivity (Wildman–Crippen MR) is 235 cm³/mol. The highest BCUT2D eigenvalue weighted by Crippen LogP contribution is 2.43. The van der Waals surface area contributed by atoms with E-state index in [1.54, 1.807) is 6.08 Å². The zero-order chi connectivity index (χ0) is 40.3. The lowest BCUT2D eigenvalue weighted by atomic mass is 10.1. The molecule has 9 heteroatoms. The number of aliphatic hydroxyl groups is 1. The largest absolute Gasteiger partial charge is 0.472 e. The van der Waals surface area contributed by atoms with Gasteiger partial charge in [0, 0.05) is 13.0 Å². The van der Waals surface area contributed by atoms with Crippen molar-refractivity contribution in [3.05, 3.63) is 60.8 Å². The number of phosphoric ester groups is 1. The Morgan fingerprint density at radius 1 is 0.600 bits per heavy atom. The Hall–Kier alpha value is -1.80. The number of carbonyl (C=O) groups excluding carboxylic acids is 1. The molecule has 1 amide bonds. The third-order valence-corrected chi connectivity index (χ3v) is 10.5.